The van der Waals surface area contributed by atoms with Gasteiger partial charge >= 0.3 is 0 Å². The van der Waals surface area contributed by atoms with Crippen molar-refractivity contribution >= 4 is 0 Å². The van der Waals surface area contributed by atoms with Gasteiger partial charge in [0.2, 0.25) is 0 Å². The van der Waals surface area contributed by atoms with Gasteiger partial charge in [-0.3, -0.25) is 0 Å². The molecule has 3 atom stereocenters. The Balaban J connectivity index is 2.27. The molecule has 0 amide bonds. The van der Waals surface area contributed by atoms with E-state index in [-0.39, 0.29) is 0 Å². The molecule has 1 N–H and O–H groups in total. The summed E-state index contributed by atoms with van der Waals surface area (Å²) in [7, 11) is 0. The van der Waals surface area contributed by atoms with Crippen LogP contribution in [-0.2, 0) is 0 Å². The van der Waals surface area contributed by atoms with Crippen LogP contribution in [0.5, 0.6) is 0 Å². The minimum atomic E-state index is 0.550. The monoisotopic (exact) mass is 287 g/mol. The van der Waals surface area contributed by atoms with Crippen molar-refractivity contribution in [3.8, 4) is 0 Å². The summed E-state index contributed by atoms with van der Waals surface area (Å²) in [4.78, 5) is 0. The van der Waals surface area contributed by atoms with E-state index in [1.54, 1.807) is 0 Å². The highest BCUT2D eigenvalue weighted by molar-refractivity contribution is 5.31. The minimum absolute atomic E-state index is 0.550. The van der Waals surface area contributed by atoms with Crippen molar-refractivity contribution in [2.45, 2.75) is 72.3 Å². The third-order valence-electron chi connectivity index (χ3n) is 5.14. The van der Waals surface area contributed by atoms with Crippen LogP contribution in [0.3, 0.4) is 0 Å². The first-order valence-corrected chi connectivity index (χ1v) is 8.97. The van der Waals surface area contributed by atoms with E-state index in [9.17, 15) is 0 Å². The predicted octanol–water partition coefficient (Wildman–Crippen LogP) is 5.56. The lowest BCUT2D eigenvalue weighted by molar-refractivity contribution is 0.175. The second-order valence-corrected chi connectivity index (χ2v) is 6.97. The zero-order valence-electron chi connectivity index (χ0n) is 14.4. The van der Waals surface area contributed by atoms with Gasteiger partial charge in [0.25, 0.3) is 0 Å². The molecule has 0 saturated heterocycles. The molecule has 0 heterocycles. The van der Waals surface area contributed by atoms with Gasteiger partial charge in [0, 0.05) is 6.04 Å². The van der Waals surface area contributed by atoms with Crippen molar-refractivity contribution < 1.29 is 0 Å². The summed E-state index contributed by atoms with van der Waals surface area (Å²) in [6, 6.07) is 7.65. The molecule has 1 fully saturated rings. The van der Waals surface area contributed by atoms with Crippen LogP contribution in [0.25, 0.3) is 0 Å². The highest BCUT2D eigenvalue weighted by Crippen LogP contribution is 2.40. The zero-order chi connectivity index (χ0) is 15.2. The molecule has 1 nitrogen and oxygen atoms in total. The average molecular weight is 287 g/mol. The Morgan fingerprint density at radius 3 is 2.33 bits per heavy atom. The van der Waals surface area contributed by atoms with Gasteiger partial charge in [-0.15, -0.1) is 0 Å². The summed E-state index contributed by atoms with van der Waals surface area (Å²) in [5.74, 6) is 1.71. The van der Waals surface area contributed by atoms with Crippen molar-refractivity contribution in [1.82, 2.24) is 5.32 Å². The summed E-state index contributed by atoms with van der Waals surface area (Å²) in [5.41, 5.74) is 4.32. The molecule has 21 heavy (non-hydrogen) atoms. The maximum Gasteiger partial charge on any atom is 0.0351 e. The van der Waals surface area contributed by atoms with Crippen molar-refractivity contribution in [2.75, 3.05) is 6.54 Å². The van der Waals surface area contributed by atoms with Gasteiger partial charge in [-0.2, -0.15) is 0 Å². The number of nitrogens with one attached hydrogen (secondary N) is 1. The molecule has 0 spiro atoms. The lowest BCUT2D eigenvalue weighted by Crippen LogP contribution is -2.35. The molecular formula is C20H33N. The Morgan fingerprint density at radius 1 is 1.05 bits per heavy atom. The lowest BCUT2D eigenvalue weighted by Gasteiger charge is -2.38. The fourth-order valence-electron chi connectivity index (χ4n) is 4.19. The minimum Gasteiger partial charge on any atom is -0.310 e. The first kappa shape index (κ1) is 16.5. The predicted molar refractivity (Wildman–Crippen MR) is 92.7 cm³/mol. The summed E-state index contributed by atoms with van der Waals surface area (Å²) < 4.78 is 0. The molecule has 2 rings (SSSR count). The number of rotatable bonds is 6. The molecule has 1 aliphatic carbocycles. The van der Waals surface area contributed by atoms with Gasteiger partial charge in [0.1, 0.15) is 0 Å². The van der Waals surface area contributed by atoms with E-state index in [1.165, 1.54) is 55.2 Å². The van der Waals surface area contributed by atoms with Crippen LogP contribution in [0.1, 0.15) is 75.1 Å². The van der Waals surface area contributed by atoms with Gasteiger partial charge < -0.3 is 5.32 Å². The van der Waals surface area contributed by atoms with Crippen molar-refractivity contribution in [3.05, 3.63) is 34.9 Å². The standard InChI is InChI=1S/C20H33N/c1-5-11-21-20(18-13-15(3)12-16(4)14-18)19-10-8-7-9-17(19)6-2/h12-14,17,19-21H,5-11H2,1-4H3. The number of hydrogen-bond donors (Lipinski definition) is 1. The summed E-state index contributed by atoms with van der Waals surface area (Å²) >= 11 is 0. The van der Waals surface area contributed by atoms with Crippen LogP contribution in [-0.4, -0.2) is 6.54 Å². The normalized spacial score (nSPS) is 24.0. The zero-order valence-corrected chi connectivity index (χ0v) is 14.4. The third kappa shape index (κ3) is 4.32. The van der Waals surface area contributed by atoms with E-state index in [0.717, 1.165) is 18.4 Å². The van der Waals surface area contributed by atoms with Crippen LogP contribution < -0.4 is 5.32 Å². The van der Waals surface area contributed by atoms with Gasteiger partial charge in [0.05, 0.1) is 0 Å². The molecule has 1 aliphatic rings. The van der Waals surface area contributed by atoms with Gasteiger partial charge in [-0.05, 0) is 50.6 Å². The molecule has 1 saturated carbocycles. The van der Waals surface area contributed by atoms with Gasteiger partial charge in [-0.25, -0.2) is 0 Å². The fourth-order valence-corrected chi connectivity index (χ4v) is 4.19. The van der Waals surface area contributed by atoms with Crippen LogP contribution >= 0.6 is 0 Å². The molecule has 118 valence electrons. The first-order valence-electron chi connectivity index (χ1n) is 8.97. The Morgan fingerprint density at radius 2 is 1.71 bits per heavy atom. The quantitative estimate of drug-likeness (QED) is 0.722. The first-order chi connectivity index (χ1) is 10.2. The molecule has 0 aromatic heterocycles. The molecular weight excluding hydrogens is 254 g/mol. The van der Waals surface area contributed by atoms with Crippen molar-refractivity contribution in [3.63, 3.8) is 0 Å². The topological polar surface area (TPSA) is 12.0 Å². The van der Waals surface area contributed by atoms with E-state index in [0.29, 0.717) is 6.04 Å². The molecule has 0 aliphatic heterocycles. The van der Waals surface area contributed by atoms with Crippen molar-refractivity contribution in [1.29, 1.82) is 0 Å². The van der Waals surface area contributed by atoms with Crippen LogP contribution in [0, 0.1) is 25.7 Å². The number of aryl methyl sites for hydroxylation is 2. The third-order valence-corrected chi connectivity index (χ3v) is 5.14. The fraction of sp³-hybridized carbons (Fsp3) is 0.700. The van der Waals surface area contributed by atoms with Crippen LogP contribution in [0.4, 0.5) is 0 Å². The Labute approximate surface area is 131 Å². The molecule has 1 aromatic carbocycles. The molecule has 3 unspecified atom stereocenters. The molecule has 1 aromatic rings. The van der Waals surface area contributed by atoms with Crippen LogP contribution in [0.2, 0.25) is 0 Å². The van der Waals surface area contributed by atoms with E-state index < -0.39 is 0 Å². The van der Waals surface area contributed by atoms with E-state index in [4.69, 9.17) is 0 Å². The highest BCUT2D eigenvalue weighted by atomic mass is 14.9. The van der Waals surface area contributed by atoms with Gasteiger partial charge in [0.15, 0.2) is 0 Å². The average Bonchev–Trinajstić information content (AvgIpc) is 2.47. The van der Waals surface area contributed by atoms with E-state index >= 15 is 0 Å². The smallest absolute Gasteiger partial charge is 0.0351 e. The maximum atomic E-state index is 3.87. The maximum absolute atomic E-state index is 3.87. The second kappa shape index (κ2) is 7.98. The van der Waals surface area contributed by atoms with Crippen molar-refractivity contribution in [2.24, 2.45) is 11.8 Å². The van der Waals surface area contributed by atoms with Crippen LogP contribution in [0.15, 0.2) is 18.2 Å². The lowest BCUT2D eigenvalue weighted by atomic mass is 9.72. The molecule has 0 bridgehead atoms. The summed E-state index contributed by atoms with van der Waals surface area (Å²) in [5, 5.41) is 3.87. The Hall–Kier alpha value is -0.820. The van der Waals surface area contributed by atoms with E-state index in [1.807, 2.05) is 0 Å². The Kier molecular flexibility index (Phi) is 6.29. The van der Waals surface area contributed by atoms with E-state index in [2.05, 4.69) is 51.2 Å². The molecule has 1 heteroatoms. The van der Waals surface area contributed by atoms with Gasteiger partial charge in [-0.1, -0.05) is 68.9 Å². The second-order valence-electron chi connectivity index (χ2n) is 6.97. The Bertz CT molecular complexity index is 417. The highest BCUT2D eigenvalue weighted by Gasteiger charge is 2.31. The largest absolute Gasteiger partial charge is 0.310 e. The summed E-state index contributed by atoms with van der Waals surface area (Å²) in [6.07, 6.45) is 8.21. The summed E-state index contributed by atoms with van der Waals surface area (Å²) in [6.45, 7) is 10.2. The SMILES string of the molecule is CCCNC(c1cc(C)cc(C)c1)C1CCCCC1CC. The number of hydrogen-bond acceptors (Lipinski definition) is 1. The number of benzene rings is 1. The molecule has 0 radical (unpaired) electrons.